The van der Waals surface area contributed by atoms with Crippen LogP contribution in [0.5, 0.6) is 0 Å². The van der Waals surface area contributed by atoms with Gasteiger partial charge in [-0.05, 0) is 31.2 Å². The lowest BCUT2D eigenvalue weighted by Crippen LogP contribution is -2.48. The van der Waals surface area contributed by atoms with E-state index in [9.17, 15) is 5.11 Å². The highest BCUT2D eigenvalue weighted by Crippen LogP contribution is 2.36. The Morgan fingerprint density at radius 3 is 1.77 bits per heavy atom. The summed E-state index contributed by atoms with van der Waals surface area (Å²) in [5.74, 6) is 0. The van der Waals surface area contributed by atoms with Gasteiger partial charge < -0.3 is 5.11 Å². The molecule has 2 fully saturated rings. The first-order valence-corrected chi connectivity index (χ1v) is 9.33. The fourth-order valence-corrected chi connectivity index (χ4v) is 4.61. The predicted molar refractivity (Wildman–Crippen MR) is 91.9 cm³/mol. The van der Waals surface area contributed by atoms with Crippen LogP contribution in [0.1, 0.15) is 75.8 Å². The molecule has 0 aliphatic heterocycles. The van der Waals surface area contributed by atoms with Crippen molar-refractivity contribution in [2.45, 2.75) is 82.3 Å². The van der Waals surface area contributed by atoms with E-state index in [4.69, 9.17) is 0 Å². The summed E-state index contributed by atoms with van der Waals surface area (Å²) in [5.41, 5.74) is 1.29. The zero-order valence-corrected chi connectivity index (χ0v) is 13.8. The normalized spacial score (nSPS) is 22.8. The maximum atomic E-state index is 10.2. The van der Waals surface area contributed by atoms with Crippen LogP contribution in [-0.4, -0.2) is 28.7 Å². The Morgan fingerprint density at radius 1 is 0.818 bits per heavy atom. The van der Waals surface area contributed by atoms with Gasteiger partial charge in [-0.1, -0.05) is 68.9 Å². The van der Waals surface area contributed by atoms with Crippen LogP contribution in [0.3, 0.4) is 0 Å². The average Bonchev–Trinajstić information content (AvgIpc) is 2.62. The van der Waals surface area contributed by atoms with Crippen molar-refractivity contribution in [3.8, 4) is 0 Å². The minimum atomic E-state index is 0.187. The molecule has 0 aromatic heterocycles. The van der Waals surface area contributed by atoms with Crippen LogP contribution in [0.25, 0.3) is 0 Å². The summed E-state index contributed by atoms with van der Waals surface area (Å²) in [5, 5.41) is 10.2. The second-order valence-electron chi connectivity index (χ2n) is 7.14. The molecule has 0 unspecified atom stereocenters. The molecule has 1 N–H and O–H groups in total. The van der Waals surface area contributed by atoms with Crippen LogP contribution in [0.15, 0.2) is 30.3 Å². The molecule has 2 aliphatic carbocycles. The van der Waals surface area contributed by atoms with E-state index in [-0.39, 0.29) is 12.6 Å². The van der Waals surface area contributed by atoms with E-state index in [1.807, 2.05) is 0 Å². The first kappa shape index (κ1) is 16.0. The van der Waals surface area contributed by atoms with Crippen LogP contribution in [0.2, 0.25) is 0 Å². The Balaban J connectivity index is 1.84. The Morgan fingerprint density at radius 2 is 1.32 bits per heavy atom. The van der Waals surface area contributed by atoms with Gasteiger partial charge in [0, 0.05) is 12.1 Å². The maximum absolute atomic E-state index is 10.2. The van der Waals surface area contributed by atoms with Crippen molar-refractivity contribution in [2.75, 3.05) is 6.61 Å². The number of hydrogen-bond acceptors (Lipinski definition) is 2. The third-order valence-electron chi connectivity index (χ3n) is 5.71. The molecule has 22 heavy (non-hydrogen) atoms. The molecule has 2 saturated carbocycles. The van der Waals surface area contributed by atoms with E-state index in [1.165, 1.54) is 69.8 Å². The Kier molecular flexibility index (Phi) is 5.91. The van der Waals surface area contributed by atoms with Gasteiger partial charge in [-0.2, -0.15) is 0 Å². The van der Waals surface area contributed by atoms with Crippen molar-refractivity contribution in [3.05, 3.63) is 35.9 Å². The molecule has 0 radical (unpaired) electrons. The van der Waals surface area contributed by atoms with Gasteiger partial charge in [0.2, 0.25) is 0 Å². The van der Waals surface area contributed by atoms with Gasteiger partial charge in [0.15, 0.2) is 0 Å². The van der Waals surface area contributed by atoms with E-state index in [2.05, 4.69) is 35.2 Å². The monoisotopic (exact) mass is 301 g/mol. The summed E-state index contributed by atoms with van der Waals surface area (Å²) in [7, 11) is 0. The van der Waals surface area contributed by atoms with Gasteiger partial charge in [-0.15, -0.1) is 0 Å². The molecular weight excluding hydrogens is 270 g/mol. The second-order valence-corrected chi connectivity index (χ2v) is 7.14. The van der Waals surface area contributed by atoms with Gasteiger partial charge in [0.25, 0.3) is 0 Å². The van der Waals surface area contributed by atoms with Gasteiger partial charge in [-0.25, -0.2) is 0 Å². The lowest BCUT2D eigenvalue weighted by Gasteiger charge is -2.46. The molecule has 0 heterocycles. The standard InChI is InChI=1S/C20H31NO/c22-16-20(17-10-4-1-5-11-17)21(18-12-6-2-7-13-18)19-14-8-3-9-15-19/h1,4-5,10-11,18-20,22H,2-3,6-9,12-16H2/t20-/m1/s1. The van der Waals surface area contributed by atoms with E-state index in [1.54, 1.807) is 0 Å². The van der Waals surface area contributed by atoms with Gasteiger partial charge >= 0.3 is 0 Å². The number of nitrogens with zero attached hydrogens (tertiary/aromatic N) is 1. The fraction of sp³-hybridized carbons (Fsp3) is 0.700. The molecule has 1 atom stereocenters. The first-order chi connectivity index (χ1) is 10.9. The molecule has 3 rings (SSSR count). The molecule has 0 amide bonds. The highest BCUT2D eigenvalue weighted by Gasteiger charge is 2.34. The van der Waals surface area contributed by atoms with Gasteiger partial charge in [-0.3, -0.25) is 4.90 Å². The number of hydrogen-bond donors (Lipinski definition) is 1. The SMILES string of the molecule is OC[C@H](c1ccccc1)N(C1CCCCC1)C1CCCCC1. The lowest BCUT2D eigenvalue weighted by atomic mass is 9.86. The van der Waals surface area contributed by atoms with E-state index in [0.717, 1.165) is 0 Å². The smallest absolute Gasteiger partial charge is 0.0628 e. The highest BCUT2D eigenvalue weighted by molar-refractivity contribution is 5.20. The summed E-state index contributed by atoms with van der Waals surface area (Å²) >= 11 is 0. The summed E-state index contributed by atoms with van der Waals surface area (Å²) in [6, 6.07) is 12.2. The molecule has 2 nitrogen and oxygen atoms in total. The molecule has 0 spiro atoms. The summed E-state index contributed by atoms with van der Waals surface area (Å²) in [4.78, 5) is 2.73. The largest absolute Gasteiger partial charge is 0.394 e. The molecule has 2 heteroatoms. The van der Waals surface area contributed by atoms with Crippen molar-refractivity contribution in [3.63, 3.8) is 0 Å². The molecular formula is C20H31NO. The van der Waals surface area contributed by atoms with Gasteiger partial charge in [0.05, 0.1) is 12.6 Å². The Bertz CT molecular complexity index is 403. The molecule has 122 valence electrons. The van der Waals surface area contributed by atoms with Crippen molar-refractivity contribution < 1.29 is 5.11 Å². The third-order valence-corrected chi connectivity index (χ3v) is 5.71. The Hall–Kier alpha value is -0.860. The van der Waals surface area contributed by atoms with Gasteiger partial charge in [0.1, 0.15) is 0 Å². The number of aliphatic hydroxyl groups is 1. The van der Waals surface area contributed by atoms with Crippen molar-refractivity contribution in [1.29, 1.82) is 0 Å². The summed E-state index contributed by atoms with van der Waals surface area (Å²) < 4.78 is 0. The lowest BCUT2D eigenvalue weighted by molar-refractivity contribution is 0.0113. The van der Waals surface area contributed by atoms with Crippen molar-refractivity contribution in [2.24, 2.45) is 0 Å². The molecule has 1 aromatic carbocycles. The fourth-order valence-electron chi connectivity index (χ4n) is 4.61. The number of benzene rings is 1. The minimum absolute atomic E-state index is 0.187. The quantitative estimate of drug-likeness (QED) is 0.853. The van der Waals surface area contributed by atoms with Crippen LogP contribution in [0, 0.1) is 0 Å². The zero-order valence-electron chi connectivity index (χ0n) is 13.8. The zero-order chi connectivity index (χ0) is 15.2. The summed E-state index contributed by atoms with van der Waals surface area (Å²) in [6.07, 6.45) is 13.5. The third kappa shape index (κ3) is 3.72. The second kappa shape index (κ2) is 8.12. The highest BCUT2D eigenvalue weighted by atomic mass is 16.3. The van der Waals surface area contributed by atoms with E-state index >= 15 is 0 Å². The number of aliphatic hydroxyl groups excluding tert-OH is 1. The van der Waals surface area contributed by atoms with E-state index < -0.39 is 0 Å². The first-order valence-electron chi connectivity index (χ1n) is 9.33. The average molecular weight is 301 g/mol. The maximum Gasteiger partial charge on any atom is 0.0628 e. The predicted octanol–water partition coefficient (Wildman–Crippen LogP) is 4.69. The van der Waals surface area contributed by atoms with Crippen LogP contribution < -0.4 is 0 Å². The minimum Gasteiger partial charge on any atom is -0.394 e. The van der Waals surface area contributed by atoms with E-state index in [0.29, 0.717) is 12.1 Å². The molecule has 0 saturated heterocycles. The van der Waals surface area contributed by atoms with Crippen LogP contribution in [0.4, 0.5) is 0 Å². The number of rotatable bonds is 5. The Labute approximate surface area is 135 Å². The van der Waals surface area contributed by atoms with Crippen molar-refractivity contribution in [1.82, 2.24) is 4.90 Å². The van der Waals surface area contributed by atoms with Crippen LogP contribution >= 0.6 is 0 Å². The molecule has 2 aliphatic rings. The summed E-state index contributed by atoms with van der Waals surface area (Å²) in [6.45, 7) is 0.247. The topological polar surface area (TPSA) is 23.5 Å². The van der Waals surface area contributed by atoms with Crippen LogP contribution in [-0.2, 0) is 0 Å². The molecule has 1 aromatic rings. The van der Waals surface area contributed by atoms with Crippen molar-refractivity contribution >= 4 is 0 Å². The molecule has 0 bridgehead atoms.